The van der Waals surface area contributed by atoms with Gasteiger partial charge in [0.2, 0.25) is 5.91 Å². The molecule has 3 aliphatic heterocycles. The maximum atomic E-state index is 14.1. The summed E-state index contributed by atoms with van der Waals surface area (Å²) < 4.78 is 25.9. The molecule has 0 bridgehead atoms. The highest BCUT2D eigenvalue weighted by Crippen LogP contribution is 2.56. The summed E-state index contributed by atoms with van der Waals surface area (Å²) in [5.41, 5.74) is 2.82. The summed E-state index contributed by atoms with van der Waals surface area (Å²) in [4.78, 5) is 15.9. The van der Waals surface area contributed by atoms with E-state index in [-0.39, 0.29) is 23.9 Å². The van der Waals surface area contributed by atoms with Crippen molar-refractivity contribution in [3.8, 4) is 11.5 Å². The van der Waals surface area contributed by atoms with Crippen molar-refractivity contribution < 1.29 is 23.8 Å². The van der Waals surface area contributed by atoms with Gasteiger partial charge in [-0.15, -0.1) is 0 Å². The molecule has 1 saturated carbocycles. The number of aliphatic hydroxyl groups is 1. The molecule has 6 heteroatoms. The highest BCUT2D eigenvalue weighted by Gasteiger charge is 2.57. The molecule has 3 aromatic rings. The van der Waals surface area contributed by atoms with Gasteiger partial charge in [-0.2, -0.15) is 0 Å². The predicted molar refractivity (Wildman–Crippen MR) is 124 cm³/mol. The van der Waals surface area contributed by atoms with Gasteiger partial charge < -0.3 is 19.5 Å². The van der Waals surface area contributed by atoms with Gasteiger partial charge in [0.15, 0.2) is 0 Å². The van der Waals surface area contributed by atoms with Crippen LogP contribution in [0.2, 0.25) is 0 Å². The van der Waals surface area contributed by atoms with Crippen molar-refractivity contribution in [2.24, 2.45) is 0 Å². The third kappa shape index (κ3) is 2.60. The number of carbonyl (C=O) groups excluding carboxylic acids is 1. The number of amides is 1. The zero-order valence-corrected chi connectivity index (χ0v) is 18.6. The molecule has 4 aliphatic rings. The first-order valence-electron chi connectivity index (χ1n) is 11.8. The number of carbonyl (C=O) groups is 1. The van der Waals surface area contributed by atoms with E-state index in [9.17, 15) is 14.3 Å². The molecule has 1 fully saturated rings. The Bertz CT molecular complexity index is 1330. The maximum Gasteiger partial charge on any atom is 0.246 e. The van der Waals surface area contributed by atoms with Crippen molar-refractivity contribution in [2.75, 3.05) is 11.5 Å². The van der Waals surface area contributed by atoms with E-state index >= 15 is 0 Å². The van der Waals surface area contributed by atoms with E-state index in [1.54, 1.807) is 17.0 Å². The summed E-state index contributed by atoms with van der Waals surface area (Å²) >= 11 is 0. The fraction of sp³-hybridized carbons (Fsp3) is 0.321. The molecular weight excluding hydrogens is 433 g/mol. The lowest BCUT2D eigenvalue weighted by Crippen LogP contribution is -2.47. The minimum Gasteiger partial charge on any atom is -0.491 e. The molecule has 2 spiro atoms. The van der Waals surface area contributed by atoms with Crippen LogP contribution in [0.3, 0.4) is 0 Å². The Kier molecular flexibility index (Phi) is 4.02. The van der Waals surface area contributed by atoms with Gasteiger partial charge >= 0.3 is 0 Å². The van der Waals surface area contributed by atoms with Gasteiger partial charge in [0.1, 0.15) is 34.9 Å². The number of anilines is 1. The molecule has 2 unspecified atom stereocenters. The Hall–Kier alpha value is -3.38. The second kappa shape index (κ2) is 6.83. The van der Waals surface area contributed by atoms with Crippen LogP contribution >= 0.6 is 0 Å². The number of hydrogen-bond acceptors (Lipinski definition) is 4. The molecule has 34 heavy (non-hydrogen) atoms. The number of para-hydroxylation sites is 1. The molecular formula is C28H24FNO4. The molecule has 0 saturated heterocycles. The molecule has 2 atom stereocenters. The molecule has 172 valence electrons. The Morgan fingerprint density at radius 3 is 2.59 bits per heavy atom. The van der Waals surface area contributed by atoms with E-state index in [2.05, 4.69) is 0 Å². The van der Waals surface area contributed by atoms with Gasteiger partial charge in [-0.3, -0.25) is 4.79 Å². The third-order valence-electron chi connectivity index (χ3n) is 8.05. The molecule has 3 heterocycles. The fourth-order valence-corrected chi connectivity index (χ4v) is 6.11. The lowest BCUT2D eigenvalue weighted by molar-refractivity contribution is -0.122. The Morgan fingerprint density at radius 1 is 1.03 bits per heavy atom. The maximum absolute atomic E-state index is 14.1. The van der Waals surface area contributed by atoms with Crippen LogP contribution in [-0.4, -0.2) is 23.2 Å². The minimum atomic E-state index is -0.980. The smallest absolute Gasteiger partial charge is 0.246 e. The van der Waals surface area contributed by atoms with Gasteiger partial charge in [0.25, 0.3) is 0 Å². The number of halogens is 1. The van der Waals surface area contributed by atoms with Crippen molar-refractivity contribution in [3.05, 3.63) is 88.7 Å². The minimum absolute atomic E-state index is 0.0709. The Morgan fingerprint density at radius 2 is 1.82 bits per heavy atom. The van der Waals surface area contributed by atoms with Gasteiger partial charge in [-0.05, 0) is 54.7 Å². The average molecular weight is 458 g/mol. The molecule has 0 aromatic heterocycles. The fourth-order valence-electron chi connectivity index (χ4n) is 6.11. The van der Waals surface area contributed by atoms with Gasteiger partial charge in [-0.1, -0.05) is 30.3 Å². The van der Waals surface area contributed by atoms with Crippen molar-refractivity contribution in [1.82, 2.24) is 0 Å². The second-order valence-corrected chi connectivity index (χ2v) is 9.97. The van der Waals surface area contributed by atoms with E-state index in [0.29, 0.717) is 24.5 Å². The quantitative estimate of drug-likeness (QED) is 0.601. The summed E-state index contributed by atoms with van der Waals surface area (Å²) in [5.74, 6) is 0.921. The number of fused-ring (bicyclic) bond motifs is 5. The summed E-state index contributed by atoms with van der Waals surface area (Å²) in [6.45, 7) is 0.536. The number of ether oxygens (including phenoxy) is 2. The van der Waals surface area contributed by atoms with E-state index < -0.39 is 11.5 Å². The summed E-state index contributed by atoms with van der Waals surface area (Å²) in [6, 6.07) is 17.8. The molecule has 1 aliphatic carbocycles. The van der Waals surface area contributed by atoms with E-state index in [1.807, 2.05) is 36.4 Å². The largest absolute Gasteiger partial charge is 0.491 e. The van der Waals surface area contributed by atoms with E-state index in [4.69, 9.17) is 9.47 Å². The van der Waals surface area contributed by atoms with Gasteiger partial charge in [-0.25, -0.2) is 4.39 Å². The topological polar surface area (TPSA) is 59.0 Å². The normalized spacial score (nSPS) is 25.4. The van der Waals surface area contributed by atoms with E-state index in [1.165, 1.54) is 12.1 Å². The van der Waals surface area contributed by atoms with Crippen LogP contribution < -0.4 is 14.4 Å². The van der Waals surface area contributed by atoms with Crippen LogP contribution in [0, 0.1) is 5.82 Å². The first-order chi connectivity index (χ1) is 16.5. The van der Waals surface area contributed by atoms with Crippen LogP contribution in [-0.2, 0) is 16.8 Å². The lowest BCUT2D eigenvalue weighted by atomic mass is 9.72. The Labute approximate surface area is 196 Å². The van der Waals surface area contributed by atoms with Crippen molar-refractivity contribution in [3.63, 3.8) is 0 Å². The number of hydrogen-bond donors (Lipinski definition) is 1. The molecule has 0 radical (unpaired) electrons. The highest BCUT2D eigenvalue weighted by atomic mass is 19.1. The molecule has 1 N–H and O–H groups in total. The molecule has 3 aromatic carbocycles. The number of benzene rings is 3. The second-order valence-electron chi connectivity index (χ2n) is 9.97. The Balaban J connectivity index is 1.33. The van der Waals surface area contributed by atoms with Crippen molar-refractivity contribution in [2.45, 2.75) is 49.3 Å². The first kappa shape index (κ1) is 20.0. The standard InChI is InChI=1S/C28H24FNO4/c29-18-8-6-17(7-9-18)15-30-22-5-2-1-4-20(22)28(26(30)32)16-33-25-13-24-19(12-21(25)28)23(31)14-27(34-24)10-3-11-27/h1-2,4-9,12-13,23,31H,3,10-11,14-16H2. The van der Waals surface area contributed by atoms with Crippen molar-refractivity contribution >= 4 is 11.6 Å². The first-order valence-corrected chi connectivity index (χ1v) is 11.8. The summed E-state index contributed by atoms with van der Waals surface area (Å²) in [6.07, 6.45) is 2.97. The zero-order chi connectivity index (χ0) is 23.1. The highest BCUT2D eigenvalue weighted by molar-refractivity contribution is 6.11. The third-order valence-corrected chi connectivity index (χ3v) is 8.05. The van der Waals surface area contributed by atoms with Gasteiger partial charge in [0, 0.05) is 29.3 Å². The number of aliphatic hydroxyl groups excluding tert-OH is 1. The number of rotatable bonds is 2. The predicted octanol–water partition coefficient (Wildman–Crippen LogP) is 4.79. The summed E-state index contributed by atoms with van der Waals surface area (Å²) in [7, 11) is 0. The SMILES string of the molecule is O=C1N(Cc2ccc(F)cc2)c2ccccc2C12COc1cc3c(cc12)C(O)CC1(CCC1)O3. The van der Waals surface area contributed by atoms with Crippen LogP contribution in [0.4, 0.5) is 10.1 Å². The van der Waals surface area contributed by atoms with Crippen molar-refractivity contribution in [1.29, 1.82) is 0 Å². The van der Waals surface area contributed by atoms with Crippen LogP contribution in [0.1, 0.15) is 54.0 Å². The monoisotopic (exact) mass is 457 g/mol. The molecule has 5 nitrogen and oxygen atoms in total. The summed E-state index contributed by atoms with van der Waals surface area (Å²) in [5, 5.41) is 11.0. The molecule has 1 amide bonds. The van der Waals surface area contributed by atoms with Crippen LogP contribution in [0.25, 0.3) is 0 Å². The van der Waals surface area contributed by atoms with E-state index in [0.717, 1.165) is 47.2 Å². The van der Waals surface area contributed by atoms with Gasteiger partial charge in [0.05, 0.1) is 12.6 Å². The van der Waals surface area contributed by atoms with Crippen LogP contribution in [0.5, 0.6) is 11.5 Å². The van der Waals surface area contributed by atoms with Crippen LogP contribution in [0.15, 0.2) is 60.7 Å². The average Bonchev–Trinajstić information content (AvgIpc) is 3.30. The molecule has 7 rings (SSSR count). The lowest BCUT2D eigenvalue weighted by Gasteiger charge is -2.47. The number of nitrogens with zero attached hydrogens (tertiary/aromatic N) is 1. The zero-order valence-electron chi connectivity index (χ0n) is 18.6.